The second kappa shape index (κ2) is 2.70. The average molecular weight is 204 g/mol. The van der Waals surface area contributed by atoms with Crippen LogP contribution in [-0.2, 0) is 0 Å². The number of fused-ring (bicyclic) bond motifs is 1. The molecule has 0 aromatic heterocycles. The lowest BCUT2D eigenvalue weighted by atomic mass is 9.56. The van der Waals surface area contributed by atoms with Crippen molar-refractivity contribution in [1.82, 2.24) is 0 Å². The standard InChI is InChI=1S/C15H24/c1-10-5-6-13-11(2)14(3,4)12-7-8-15(10,13)9-12/h10,12-13H,2,5-9H2,1,3-4H3. The number of hydrogen-bond acceptors (Lipinski definition) is 0. The van der Waals surface area contributed by atoms with Gasteiger partial charge < -0.3 is 0 Å². The third-order valence-electron chi connectivity index (χ3n) is 6.42. The molecule has 0 saturated heterocycles. The van der Waals surface area contributed by atoms with Crippen molar-refractivity contribution >= 4 is 0 Å². The molecule has 0 N–H and O–H groups in total. The van der Waals surface area contributed by atoms with E-state index < -0.39 is 0 Å². The van der Waals surface area contributed by atoms with E-state index in [1.165, 1.54) is 32.1 Å². The van der Waals surface area contributed by atoms with Crippen molar-refractivity contribution in [3.63, 3.8) is 0 Å². The first kappa shape index (κ1) is 9.93. The summed E-state index contributed by atoms with van der Waals surface area (Å²) in [6.07, 6.45) is 7.34. The lowest BCUT2D eigenvalue weighted by Gasteiger charge is -2.48. The Hall–Kier alpha value is -0.260. The summed E-state index contributed by atoms with van der Waals surface area (Å²) in [5.41, 5.74) is 2.71. The Bertz CT molecular complexity index is 312. The molecule has 0 aliphatic heterocycles. The third-order valence-corrected chi connectivity index (χ3v) is 6.42. The smallest absolute Gasteiger partial charge is 0.0116 e. The summed E-state index contributed by atoms with van der Waals surface area (Å²) in [7, 11) is 0. The van der Waals surface area contributed by atoms with Gasteiger partial charge in [-0.25, -0.2) is 0 Å². The van der Waals surface area contributed by atoms with Crippen LogP contribution >= 0.6 is 0 Å². The molecular weight excluding hydrogens is 180 g/mol. The van der Waals surface area contributed by atoms with E-state index in [0.717, 1.165) is 17.8 Å². The SMILES string of the molecule is C=C1C2CCC(C)C23CCC(C3)C1(C)C. The first-order chi connectivity index (χ1) is 6.98. The molecule has 3 aliphatic rings. The van der Waals surface area contributed by atoms with Crippen LogP contribution in [0.25, 0.3) is 0 Å². The van der Waals surface area contributed by atoms with E-state index in [9.17, 15) is 0 Å². The van der Waals surface area contributed by atoms with Gasteiger partial charge in [0.05, 0.1) is 0 Å². The molecule has 3 rings (SSSR count). The maximum absolute atomic E-state index is 4.48. The minimum absolute atomic E-state index is 0.425. The van der Waals surface area contributed by atoms with Crippen LogP contribution < -0.4 is 0 Å². The van der Waals surface area contributed by atoms with E-state index in [4.69, 9.17) is 0 Å². The van der Waals surface area contributed by atoms with Crippen LogP contribution in [0.3, 0.4) is 0 Å². The number of allylic oxidation sites excluding steroid dienone is 1. The number of hydrogen-bond donors (Lipinski definition) is 0. The van der Waals surface area contributed by atoms with Gasteiger partial charge in [-0.15, -0.1) is 0 Å². The van der Waals surface area contributed by atoms with E-state index in [1.54, 1.807) is 5.57 Å². The van der Waals surface area contributed by atoms with Crippen molar-refractivity contribution in [3.8, 4) is 0 Å². The minimum Gasteiger partial charge on any atom is -0.0990 e. The summed E-state index contributed by atoms with van der Waals surface area (Å²) in [4.78, 5) is 0. The highest BCUT2D eigenvalue weighted by Gasteiger charge is 2.60. The van der Waals surface area contributed by atoms with Crippen molar-refractivity contribution in [2.24, 2.45) is 28.6 Å². The number of rotatable bonds is 0. The molecule has 4 unspecified atom stereocenters. The van der Waals surface area contributed by atoms with Crippen LogP contribution in [0.5, 0.6) is 0 Å². The molecule has 3 aliphatic carbocycles. The fourth-order valence-corrected chi connectivity index (χ4v) is 5.05. The van der Waals surface area contributed by atoms with E-state index in [-0.39, 0.29) is 0 Å². The maximum Gasteiger partial charge on any atom is -0.0116 e. The predicted octanol–water partition coefficient (Wildman–Crippen LogP) is 4.42. The second-order valence-corrected chi connectivity index (χ2v) is 6.95. The molecule has 0 heterocycles. The van der Waals surface area contributed by atoms with Gasteiger partial charge in [-0.05, 0) is 60.7 Å². The second-order valence-electron chi connectivity index (χ2n) is 6.95. The summed E-state index contributed by atoms with van der Waals surface area (Å²) in [5, 5.41) is 0. The van der Waals surface area contributed by atoms with Gasteiger partial charge in [0.25, 0.3) is 0 Å². The zero-order chi connectivity index (χ0) is 10.8. The minimum atomic E-state index is 0.425. The first-order valence-electron chi connectivity index (χ1n) is 6.68. The van der Waals surface area contributed by atoms with Crippen LogP contribution in [0.4, 0.5) is 0 Å². The van der Waals surface area contributed by atoms with Gasteiger partial charge in [-0.1, -0.05) is 32.9 Å². The van der Waals surface area contributed by atoms with Crippen LogP contribution in [0.1, 0.15) is 52.9 Å². The van der Waals surface area contributed by atoms with Crippen molar-refractivity contribution in [1.29, 1.82) is 0 Å². The zero-order valence-electron chi connectivity index (χ0n) is 10.5. The van der Waals surface area contributed by atoms with Crippen molar-refractivity contribution in [2.45, 2.75) is 52.9 Å². The molecule has 0 radical (unpaired) electrons. The Morgan fingerprint density at radius 2 is 1.93 bits per heavy atom. The molecule has 15 heavy (non-hydrogen) atoms. The van der Waals surface area contributed by atoms with Gasteiger partial charge in [0.2, 0.25) is 0 Å². The van der Waals surface area contributed by atoms with Crippen LogP contribution in [-0.4, -0.2) is 0 Å². The highest BCUT2D eigenvalue weighted by molar-refractivity contribution is 5.26. The predicted molar refractivity (Wildman–Crippen MR) is 64.6 cm³/mol. The van der Waals surface area contributed by atoms with Gasteiger partial charge >= 0.3 is 0 Å². The fraction of sp³-hybridized carbons (Fsp3) is 0.867. The average Bonchev–Trinajstić information content (AvgIpc) is 2.72. The molecule has 4 atom stereocenters. The topological polar surface area (TPSA) is 0 Å². The van der Waals surface area contributed by atoms with Crippen LogP contribution in [0.15, 0.2) is 12.2 Å². The Morgan fingerprint density at radius 3 is 2.67 bits per heavy atom. The lowest BCUT2D eigenvalue weighted by molar-refractivity contribution is 0.0881. The summed E-state index contributed by atoms with van der Waals surface area (Å²) < 4.78 is 0. The van der Waals surface area contributed by atoms with E-state index in [1.807, 2.05) is 0 Å². The molecule has 0 nitrogen and oxygen atoms in total. The fourth-order valence-electron chi connectivity index (χ4n) is 5.05. The van der Waals surface area contributed by atoms with E-state index >= 15 is 0 Å². The van der Waals surface area contributed by atoms with Gasteiger partial charge in [0.1, 0.15) is 0 Å². The normalized spacial score (nSPS) is 51.9. The molecule has 0 aromatic rings. The Kier molecular flexibility index (Phi) is 1.79. The first-order valence-corrected chi connectivity index (χ1v) is 6.68. The Balaban J connectivity index is 2.07. The lowest BCUT2D eigenvalue weighted by Crippen LogP contribution is -2.40. The maximum atomic E-state index is 4.48. The molecule has 3 fully saturated rings. The summed E-state index contributed by atoms with van der Waals surface area (Å²) in [6, 6.07) is 0. The molecular formula is C15H24. The molecule has 84 valence electrons. The van der Waals surface area contributed by atoms with Gasteiger partial charge in [-0.3, -0.25) is 0 Å². The molecule has 0 heteroatoms. The van der Waals surface area contributed by atoms with Crippen LogP contribution in [0.2, 0.25) is 0 Å². The van der Waals surface area contributed by atoms with Crippen LogP contribution in [0, 0.1) is 28.6 Å². The quantitative estimate of drug-likeness (QED) is 0.513. The Morgan fingerprint density at radius 1 is 1.20 bits per heavy atom. The largest absolute Gasteiger partial charge is 0.0990 e. The van der Waals surface area contributed by atoms with Gasteiger partial charge in [0.15, 0.2) is 0 Å². The zero-order valence-corrected chi connectivity index (χ0v) is 10.5. The van der Waals surface area contributed by atoms with Crippen molar-refractivity contribution in [2.75, 3.05) is 0 Å². The van der Waals surface area contributed by atoms with Gasteiger partial charge in [-0.2, -0.15) is 0 Å². The van der Waals surface area contributed by atoms with Crippen molar-refractivity contribution < 1.29 is 0 Å². The summed E-state index contributed by atoms with van der Waals surface area (Å²) >= 11 is 0. The van der Waals surface area contributed by atoms with Crippen molar-refractivity contribution in [3.05, 3.63) is 12.2 Å². The molecule has 0 aromatic carbocycles. The molecule has 1 spiro atoms. The monoisotopic (exact) mass is 204 g/mol. The highest BCUT2D eigenvalue weighted by atomic mass is 14.6. The molecule has 2 bridgehead atoms. The van der Waals surface area contributed by atoms with Gasteiger partial charge in [0, 0.05) is 0 Å². The highest BCUT2D eigenvalue weighted by Crippen LogP contribution is 2.69. The Labute approximate surface area is 94.1 Å². The summed E-state index contributed by atoms with van der Waals surface area (Å²) in [6.45, 7) is 11.9. The molecule has 3 saturated carbocycles. The van der Waals surface area contributed by atoms with E-state index in [0.29, 0.717) is 10.8 Å². The van der Waals surface area contributed by atoms with E-state index in [2.05, 4.69) is 27.4 Å². The summed E-state index contributed by atoms with van der Waals surface area (Å²) in [5.74, 6) is 2.75. The third kappa shape index (κ3) is 0.990. The molecule has 0 amide bonds.